The maximum atomic E-state index is 14.3. The van der Waals surface area contributed by atoms with Crippen LogP contribution in [0.5, 0.6) is 0 Å². The fourth-order valence-corrected chi connectivity index (χ4v) is 12.4. The second-order valence-electron chi connectivity index (χ2n) is 24.2. The molecule has 5 aliphatic heterocycles. The number of carbonyl (C=O) groups excluding carboxylic acids is 15. The van der Waals surface area contributed by atoms with E-state index in [-0.39, 0.29) is 12.8 Å². The summed E-state index contributed by atoms with van der Waals surface area (Å²) in [6, 6.07) is -4.12. The van der Waals surface area contributed by atoms with Crippen LogP contribution in [0.4, 0.5) is 4.79 Å². The van der Waals surface area contributed by atoms with Crippen LogP contribution in [0.3, 0.4) is 0 Å². The molecule has 104 heavy (non-hydrogen) atoms. The van der Waals surface area contributed by atoms with Gasteiger partial charge in [-0.25, -0.2) is 4.79 Å². The van der Waals surface area contributed by atoms with Crippen LogP contribution >= 0.6 is 8.25 Å². The molecule has 0 bridgehead atoms. The Morgan fingerprint density at radius 1 is 0.500 bits per heavy atom. The molecule has 5 fully saturated rings. The zero-order valence-corrected chi connectivity index (χ0v) is 58.7. The zero-order chi connectivity index (χ0) is 77.8. The van der Waals surface area contributed by atoms with Crippen LogP contribution in [0.15, 0.2) is 11.5 Å². The Hall–Kier alpha value is -8.79. The second kappa shape index (κ2) is 36.3. The van der Waals surface area contributed by atoms with Gasteiger partial charge in [-0.05, 0) is 13.8 Å². The van der Waals surface area contributed by atoms with Gasteiger partial charge in [0.05, 0.1) is 12.7 Å². The van der Waals surface area contributed by atoms with E-state index in [0.717, 1.165) is 83.1 Å². The van der Waals surface area contributed by atoms with Crippen LogP contribution in [0, 0.1) is 0 Å². The number of aliphatic hydroxyl groups excluding tert-OH is 1. The van der Waals surface area contributed by atoms with Crippen molar-refractivity contribution < 1.29 is 186 Å². The Balaban J connectivity index is 1.57. The lowest BCUT2D eigenvalue weighted by Gasteiger charge is -2.52. The summed E-state index contributed by atoms with van der Waals surface area (Å²) in [5, 5.41) is 29.6. The number of ether oxygens (including phenoxy) is 19. The van der Waals surface area contributed by atoms with Gasteiger partial charge < -0.3 is 128 Å². The molecular weight excluding hydrogens is 1430 g/mol. The summed E-state index contributed by atoms with van der Waals surface area (Å²) in [4.78, 5) is 207. The van der Waals surface area contributed by atoms with E-state index < -0.39 is 275 Å². The molecule has 1 unspecified atom stereocenters. The quantitative estimate of drug-likeness (QED) is 0.0218. The summed E-state index contributed by atoms with van der Waals surface area (Å²) < 4.78 is 130. The van der Waals surface area contributed by atoms with Crippen molar-refractivity contribution in [1.29, 1.82) is 0 Å². The van der Waals surface area contributed by atoms with Crippen molar-refractivity contribution in [2.45, 2.75) is 256 Å². The molecule has 6 aliphatic rings. The highest BCUT2D eigenvalue weighted by molar-refractivity contribution is 7.32. The molecule has 10 N–H and O–H groups in total. The Kier molecular flexibility index (Phi) is 29.4. The summed E-state index contributed by atoms with van der Waals surface area (Å²) >= 11 is 0. The number of rotatable bonds is 27. The molecule has 580 valence electrons. The second-order valence-corrected chi connectivity index (χ2v) is 24.8. The smallest absolute Gasteiger partial charge is 0.510 e. The average Bonchev–Trinajstić information content (AvgIpc) is 0.840. The highest BCUT2D eigenvalue weighted by atomic mass is 31.1. The van der Waals surface area contributed by atoms with Crippen LogP contribution < -0.4 is 27.4 Å². The average molecular weight is 1520 g/mol. The van der Waals surface area contributed by atoms with Gasteiger partial charge in [0.2, 0.25) is 24.0 Å². The first kappa shape index (κ1) is 84.2. The maximum Gasteiger partial charge on any atom is 0.697 e. The first-order valence-electron chi connectivity index (χ1n) is 31.5. The molecular formula is C59H81N5O39P+. The third kappa shape index (κ3) is 21.9. The Bertz CT molecular complexity index is 3330. The minimum Gasteiger partial charge on any atom is -0.510 e. The van der Waals surface area contributed by atoms with Crippen LogP contribution in [0.25, 0.3) is 0 Å². The van der Waals surface area contributed by atoms with Gasteiger partial charge in [-0.15, -0.1) is 4.89 Å². The maximum absolute atomic E-state index is 14.3. The minimum atomic E-state index is -3.86. The third-order valence-corrected chi connectivity index (χ3v) is 16.1. The fourth-order valence-electron chi connectivity index (χ4n) is 12.1. The first-order chi connectivity index (χ1) is 48.5. The molecule has 45 heteroatoms. The summed E-state index contributed by atoms with van der Waals surface area (Å²) in [5.74, 6) is -16.3. The molecule has 44 nitrogen and oxygen atoms in total. The number of nitrogens with two attached hydrogens (primary N) is 2. The Morgan fingerprint density at radius 3 is 1.40 bits per heavy atom. The lowest BCUT2D eigenvalue weighted by Crippen LogP contribution is -2.73. The minimum absolute atomic E-state index is 0.210. The highest BCUT2D eigenvalue weighted by Gasteiger charge is 2.64. The van der Waals surface area contributed by atoms with Crippen LogP contribution in [-0.2, 0) is 166 Å². The van der Waals surface area contributed by atoms with E-state index >= 15 is 0 Å². The van der Waals surface area contributed by atoms with Gasteiger partial charge in [-0.2, -0.15) is 0 Å². The molecule has 0 aromatic carbocycles. The number of Topliss-reactive ketones (excluding diaryl/α,β-unsaturated/α-hetero) is 1. The number of hydrogen-bond donors (Lipinski definition) is 8. The van der Waals surface area contributed by atoms with Crippen molar-refractivity contribution in [3.05, 3.63) is 11.5 Å². The summed E-state index contributed by atoms with van der Waals surface area (Å²) in [7, 11) is -3.86. The molecule has 5 heterocycles. The highest BCUT2D eigenvalue weighted by Crippen LogP contribution is 2.42. The summed E-state index contributed by atoms with van der Waals surface area (Å²) in [6.45, 7) is 9.83. The van der Waals surface area contributed by atoms with Crippen molar-refractivity contribution in [2.75, 3.05) is 13.2 Å². The summed E-state index contributed by atoms with van der Waals surface area (Å²) in [5.41, 5.74) is 7.51. The predicted octanol–water partition coefficient (Wildman–Crippen LogP) is -4.56. The van der Waals surface area contributed by atoms with Crippen LogP contribution in [0.2, 0.25) is 0 Å². The third-order valence-electron chi connectivity index (χ3n) is 15.7. The van der Waals surface area contributed by atoms with Crippen molar-refractivity contribution in [3.63, 3.8) is 0 Å². The number of primary amides is 2. The van der Waals surface area contributed by atoms with E-state index in [0.29, 0.717) is 0 Å². The standard InChI is InChI=1S/C59H80N5O39P/c1-18-37(97-56-47(94-29(12)75)44(92-27(10)73)43(91-26(9)72)45(99-56)52(79)64-34-30(76)14-15-31(34)77)40(88-23(6)69)35(62-19(2)65)53(86-18)98-38-33(17-85-55-46(93-28(11)74)42(90-25(8)71)39(87-22(5)68)32(96-55)16-84-21(4)67)95-54(36(63-20(3)66)41(38)89-24(7)70)100-48-49(102-58(61)80)59(13,81)50(51(60)78)101-57(48)103-104(82)83/h18,32-33,35-50,53-57,81H,14-17H2,1-13H3,(H8-,60,61,62,63,64,65,66,76,77,78,79,80,82,83)/p+1/t18-,32-,33-,35-,36-,37-,38-,39-,40-,41-,42+,43-,44+,45+,46-,47-,48-,49-,50-,53+,54+,55-,56-,57-,59+/m1/s1. The number of amides is 5. The number of ketones is 1. The molecule has 0 spiro atoms. The van der Waals surface area contributed by atoms with E-state index in [1.54, 1.807) is 0 Å². The van der Waals surface area contributed by atoms with E-state index in [4.69, 9.17) is 106 Å². The van der Waals surface area contributed by atoms with Crippen LogP contribution in [-0.4, -0.2) is 270 Å². The summed E-state index contributed by atoms with van der Waals surface area (Å²) in [6.07, 6.45) is -48.9. The number of hydrogen-bond acceptors (Lipinski definition) is 38. The van der Waals surface area contributed by atoms with Crippen LogP contribution in [0.1, 0.15) is 103 Å². The van der Waals surface area contributed by atoms with E-state index in [1.165, 1.54) is 6.92 Å². The lowest BCUT2D eigenvalue weighted by atomic mass is 9.85. The number of nitrogens with one attached hydrogen (secondary N) is 3. The monoisotopic (exact) mass is 1510 g/mol. The van der Waals surface area contributed by atoms with Gasteiger partial charge >= 0.3 is 68.1 Å². The van der Waals surface area contributed by atoms with E-state index in [2.05, 4.69) is 16.0 Å². The molecule has 0 aromatic heterocycles. The number of allylic oxidation sites excluding steroid dienone is 2. The van der Waals surface area contributed by atoms with Gasteiger partial charge in [-0.1, -0.05) is 4.52 Å². The van der Waals surface area contributed by atoms with Crippen molar-refractivity contribution in [3.8, 4) is 0 Å². The van der Waals surface area contributed by atoms with Crippen molar-refractivity contribution in [2.24, 2.45) is 11.5 Å². The molecule has 0 saturated carbocycles. The Labute approximate surface area is 589 Å². The molecule has 0 radical (unpaired) electrons. The van der Waals surface area contributed by atoms with Crippen molar-refractivity contribution >= 4 is 97.5 Å². The van der Waals surface area contributed by atoms with Gasteiger partial charge in [0.25, 0.3) is 5.91 Å². The van der Waals surface area contributed by atoms with Gasteiger partial charge in [0, 0.05) is 93.6 Å². The molecule has 26 atom stereocenters. The molecule has 5 saturated heterocycles. The SMILES string of the molecule is CC(=O)N[C@H]1[C@H](O[C@H]2[C@H](OC(C)=O)[C@@H](NC(C)=O)[C@H](O[C@H]3[C@@H](O[P+](=O)O)O[C@H](C(N)=O)[C@@](C)(O)[C@@H]3OC(N)=O)O[C@@H]2CO[C@@H]2O[C@H](COC(C)=O)[C@@H](OC(C)=O)[C@H](OC(C)=O)[C@H]2OC(C)=O)O[C@H](C)[C@@H](O[C@@H]2O[C@H](C(=O)NC3=C(O)CCC3=O)[C@H](OC(C)=O)[C@H](OC(C)=O)[C@H]2OC(C)=O)[C@@H]1OC(C)=O. The largest absolute Gasteiger partial charge is 0.697 e. The topological polar surface area (TPSA) is 607 Å². The molecule has 5 amide bonds. The Morgan fingerprint density at radius 2 is 0.933 bits per heavy atom. The number of esters is 9. The predicted molar refractivity (Wildman–Crippen MR) is 323 cm³/mol. The fraction of sp³-hybridized carbons (Fsp3) is 0.712. The van der Waals surface area contributed by atoms with Gasteiger partial charge in [0.15, 0.2) is 104 Å². The van der Waals surface area contributed by atoms with Gasteiger partial charge in [-0.3, -0.25) is 67.1 Å². The lowest BCUT2D eigenvalue weighted by molar-refractivity contribution is -0.375. The number of aliphatic hydroxyl groups is 2. The molecule has 0 aromatic rings. The van der Waals surface area contributed by atoms with E-state index in [9.17, 15) is 91.6 Å². The first-order valence-corrected chi connectivity index (χ1v) is 32.6. The van der Waals surface area contributed by atoms with Gasteiger partial charge in [0.1, 0.15) is 60.2 Å². The number of carbonyl (C=O) groups is 15. The molecule has 1 aliphatic carbocycles. The van der Waals surface area contributed by atoms with E-state index in [1.807, 2.05) is 0 Å². The molecule has 6 rings (SSSR count). The normalized spacial score (nSPS) is 34.8. The van der Waals surface area contributed by atoms with Crippen molar-refractivity contribution in [1.82, 2.24) is 16.0 Å². The zero-order valence-electron chi connectivity index (χ0n) is 57.8.